The van der Waals surface area contributed by atoms with Crippen LogP contribution in [0.15, 0.2) is 84.0 Å². The maximum absolute atomic E-state index is 13.2. The Morgan fingerprint density at radius 1 is 1.02 bits per heavy atom. The van der Waals surface area contributed by atoms with Crippen LogP contribution in [0.5, 0.6) is 0 Å². The monoisotopic (exact) mass is 610 g/mol. The number of halogens is 1. The van der Waals surface area contributed by atoms with Gasteiger partial charge in [0.25, 0.3) is 5.56 Å². The summed E-state index contributed by atoms with van der Waals surface area (Å²) < 4.78 is 8.39. The zero-order chi connectivity index (χ0) is 30.5. The molecule has 1 unspecified atom stereocenters. The van der Waals surface area contributed by atoms with Gasteiger partial charge in [0.15, 0.2) is 6.10 Å². The van der Waals surface area contributed by atoms with Crippen LogP contribution in [-0.2, 0) is 9.53 Å². The second-order valence-electron chi connectivity index (χ2n) is 11.1. The van der Waals surface area contributed by atoms with E-state index in [2.05, 4.69) is 9.97 Å². The average molecular weight is 611 g/mol. The predicted molar refractivity (Wildman–Crippen MR) is 170 cm³/mol. The van der Waals surface area contributed by atoms with Gasteiger partial charge in [-0.05, 0) is 81.3 Å². The highest BCUT2D eigenvalue weighted by molar-refractivity contribution is 7.22. The van der Waals surface area contributed by atoms with Crippen molar-refractivity contribution in [2.75, 3.05) is 0 Å². The number of benzene rings is 2. The van der Waals surface area contributed by atoms with E-state index >= 15 is 0 Å². The minimum Gasteiger partial charge on any atom is -0.479 e. The Morgan fingerprint density at radius 3 is 2.51 bits per heavy atom. The lowest BCUT2D eigenvalue weighted by Crippen LogP contribution is -2.28. The SMILES string of the molecule is Cc1cc2nc(-c3ccnc(-n4ccc5cccnc5c4=O)c3)sc2c(-c2ccc(Cl)cc2)c1C(OC(C)(C)C)C(=O)O. The van der Waals surface area contributed by atoms with Gasteiger partial charge in [0, 0.05) is 45.7 Å². The maximum Gasteiger partial charge on any atom is 0.337 e. The van der Waals surface area contributed by atoms with Gasteiger partial charge < -0.3 is 9.84 Å². The average Bonchev–Trinajstić information content (AvgIpc) is 3.39. The van der Waals surface area contributed by atoms with Gasteiger partial charge in [-0.25, -0.2) is 14.8 Å². The number of carbonyl (C=O) groups is 1. The van der Waals surface area contributed by atoms with Crippen molar-refractivity contribution >= 4 is 50.0 Å². The van der Waals surface area contributed by atoms with Crippen molar-refractivity contribution in [3.8, 4) is 27.5 Å². The Hall–Kier alpha value is -4.44. The fourth-order valence-electron chi connectivity index (χ4n) is 5.09. The third kappa shape index (κ3) is 5.54. The van der Waals surface area contributed by atoms with E-state index in [1.165, 1.54) is 15.9 Å². The maximum atomic E-state index is 13.2. The van der Waals surface area contributed by atoms with E-state index in [1.807, 2.05) is 70.2 Å². The van der Waals surface area contributed by atoms with Crippen LogP contribution in [-0.4, -0.2) is 36.2 Å². The lowest BCUT2D eigenvalue weighted by atomic mass is 9.91. The summed E-state index contributed by atoms with van der Waals surface area (Å²) >= 11 is 7.66. The molecule has 0 aliphatic heterocycles. The molecule has 0 radical (unpaired) electrons. The summed E-state index contributed by atoms with van der Waals surface area (Å²) in [6.07, 6.45) is 3.71. The predicted octanol–water partition coefficient (Wildman–Crippen LogP) is 7.63. The first kappa shape index (κ1) is 28.7. The molecular weight excluding hydrogens is 584 g/mol. The van der Waals surface area contributed by atoms with Crippen molar-refractivity contribution in [1.29, 1.82) is 0 Å². The Kier molecular flexibility index (Phi) is 7.33. The fraction of sp³-hybridized carbons (Fsp3) is 0.182. The summed E-state index contributed by atoms with van der Waals surface area (Å²) in [4.78, 5) is 39.5. The van der Waals surface area contributed by atoms with Gasteiger partial charge in [0.05, 0.1) is 15.8 Å². The van der Waals surface area contributed by atoms with Crippen LogP contribution in [0.1, 0.15) is 38.0 Å². The zero-order valence-electron chi connectivity index (χ0n) is 23.8. The highest BCUT2D eigenvalue weighted by Crippen LogP contribution is 2.44. The summed E-state index contributed by atoms with van der Waals surface area (Å²) in [7, 11) is 0. The molecule has 216 valence electrons. The van der Waals surface area contributed by atoms with Gasteiger partial charge in [-0.1, -0.05) is 29.8 Å². The van der Waals surface area contributed by atoms with Crippen LogP contribution in [0, 0.1) is 6.92 Å². The number of aryl methyl sites for hydroxylation is 1. The van der Waals surface area contributed by atoms with E-state index in [0.29, 0.717) is 26.9 Å². The van der Waals surface area contributed by atoms with E-state index in [4.69, 9.17) is 21.3 Å². The third-order valence-corrected chi connectivity index (χ3v) is 8.31. The quantitative estimate of drug-likeness (QED) is 0.207. The zero-order valence-corrected chi connectivity index (χ0v) is 25.4. The molecule has 2 aromatic carbocycles. The lowest BCUT2D eigenvalue weighted by molar-refractivity contribution is -0.160. The normalized spacial score (nSPS) is 12.6. The number of carboxylic acid groups (broad SMARTS) is 1. The second kappa shape index (κ2) is 11.0. The molecule has 6 rings (SSSR count). The fourth-order valence-corrected chi connectivity index (χ4v) is 6.34. The molecule has 0 aliphatic carbocycles. The molecule has 0 aliphatic rings. The Balaban J connectivity index is 1.55. The highest BCUT2D eigenvalue weighted by Gasteiger charge is 2.32. The van der Waals surface area contributed by atoms with E-state index in [-0.39, 0.29) is 5.56 Å². The van der Waals surface area contributed by atoms with Crippen LogP contribution in [0.4, 0.5) is 0 Å². The Morgan fingerprint density at radius 2 is 1.79 bits per heavy atom. The molecule has 6 aromatic rings. The summed E-state index contributed by atoms with van der Waals surface area (Å²) in [6, 6.07) is 18.3. The van der Waals surface area contributed by atoms with Crippen molar-refractivity contribution in [2.24, 2.45) is 0 Å². The molecule has 43 heavy (non-hydrogen) atoms. The first-order valence-corrected chi connectivity index (χ1v) is 14.7. The molecule has 0 spiro atoms. The molecule has 0 saturated carbocycles. The molecule has 0 saturated heterocycles. The van der Waals surface area contributed by atoms with Crippen molar-refractivity contribution in [2.45, 2.75) is 39.4 Å². The molecule has 0 amide bonds. The number of thiazole rings is 1. The van der Waals surface area contributed by atoms with Crippen LogP contribution < -0.4 is 5.56 Å². The van der Waals surface area contributed by atoms with Gasteiger partial charge in [0.2, 0.25) is 0 Å². The smallest absolute Gasteiger partial charge is 0.337 e. The van der Waals surface area contributed by atoms with E-state index < -0.39 is 17.7 Å². The van der Waals surface area contributed by atoms with Gasteiger partial charge in [0.1, 0.15) is 16.3 Å². The number of hydrogen-bond donors (Lipinski definition) is 1. The molecule has 4 heterocycles. The van der Waals surface area contributed by atoms with Crippen LogP contribution in [0.3, 0.4) is 0 Å². The summed E-state index contributed by atoms with van der Waals surface area (Å²) in [6.45, 7) is 7.38. The number of rotatable bonds is 6. The van der Waals surface area contributed by atoms with Crippen LogP contribution >= 0.6 is 22.9 Å². The number of pyridine rings is 3. The molecule has 4 aromatic heterocycles. The highest BCUT2D eigenvalue weighted by atomic mass is 35.5. The molecule has 8 nitrogen and oxygen atoms in total. The number of aromatic nitrogens is 4. The van der Waals surface area contributed by atoms with Crippen LogP contribution in [0.2, 0.25) is 5.02 Å². The molecule has 0 bridgehead atoms. The molecular formula is C33H27ClN4O4S. The van der Waals surface area contributed by atoms with E-state index in [0.717, 1.165) is 37.9 Å². The lowest BCUT2D eigenvalue weighted by Gasteiger charge is -2.28. The van der Waals surface area contributed by atoms with Gasteiger partial charge >= 0.3 is 5.97 Å². The van der Waals surface area contributed by atoms with Gasteiger partial charge in [-0.15, -0.1) is 11.3 Å². The number of hydrogen-bond acceptors (Lipinski definition) is 7. The molecule has 1 N–H and O–H groups in total. The molecule has 10 heteroatoms. The molecule has 0 fully saturated rings. The minimum absolute atomic E-state index is 0.268. The van der Waals surface area contributed by atoms with E-state index in [9.17, 15) is 14.7 Å². The van der Waals surface area contributed by atoms with Gasteiger partial charge in [-0.2, -0.15) is 0 Å². The second-order valence-corrected chi connectivity index (χ2v) is 12.6. The largest absolute Gasteiger partial charge is 0.479 e. The number of ether oxygens (including phenoxy) is 1. The first-order valence-electron chi connectivity index (χ1n) is 13.5. The topological polar surface area (TPSA) is 107 Å². The van der Waals surface area contributed by atoms with Crippen molar-refractivity contribution < 1.29 is 14.6 Å². The Labute approximate surface area is 256 Å². The van der Waals surface area contributed by atoms with Crippen molar-refractivity contribution in [3.05, 3.63) is 106 Å². The number of aliphatic carboxylic acids is 1. The minimum atomic E-state index is -1.21. The van der Waals surface area contributed by atoms with Crippen molar-refractivity contribution in [1.82, 2.24) is 19.5 Å². The van der Waals surface area contributed by atoms with E-state index in [1.54, 1.807) is 36.8 Å². The van der Waals surface area contributed by atoms with Crippen molar-refractivity contribution in [3.63, 3.8) is 0 Å². The Bertz CT molecular complexity index is 2080. The van der Waals surface area contributed by atoms with Crippen LogP contribution in [0.25, 0.3) is 48.6 Å². The standard InChI is InChI=1S/C33H27ClN4O4S/c1-18-16-23-29(26(19-7-9-22(34)10-8-19)25(18)28(32(40)41)42-33(2,3)4)43-30(37-23)21-11-14-35-24(17-21)38-15-12-20-6-5-13-36-27(20)31(38)39/h5-17,28H,1-4H3,(H,40,41). The number of carboxylic acids is 1. The molecule has 1 atom stereocenters. The summed E-state index contributed by atoms with van der Waals surface area (Å²) in [5.41, 5.74) is 3.72. The first-order chi connectivity index (χ1) is 20.5. The number of fused-ring (bicyclic) bond motifs is 2. The van der Waals surface area contributed by atoms with Gasteiger partial charge in [-0.3, -0.25) is 14.3 Å². The summed E-state index contributed by atoms with van der Waals surface area (Å²) in [5.74, 6) is -0.639. The third-order valence-electron chi connectivity index (χ3n) is 6.92. The number of nitrogens with zero attached hydrogens (tertiary/aromatic N) is 4. The summed E-state index contributed by atoms with van der Waals surface area (Å²) in [5, 5.41) is 12.3.